The van der Waals surface area contributed by atoms with Gasteiger partial charge in [0.2, 0.25) is 0 Å². The van der Waals surface area contributed by atoms with E-state index in [9.17, 15) is 0 Å². The number of para-hydroxylation sites is 1. The van der Waals surface area contributed by atoms with Crippen molar-refractivity contribution in [2.75, 3.05) is 0 Å². The number of benzene rings is 8. The molecule has 1 heteroatoms. The molecule has 9 aromatic rings. The van der Waals surface area contributed by atoms with Crippen molar-refractivity contribution >= 4 is 21.8 Å². The van der Waals surface area contributed by atoms with Crippen LogP contribution >= 0.6 is 0 Å². The third kappa shape index (κ3) is 4.52. The summed E-state index contributed by atoms with van der Waals surface area (Å²) in [4.78, 5) is 0. The molecule has 8 aromatic carbocycles. The van der Waals surface area contributed by atoms with Gasteiger partial charge in [-0.1, -0.05) is 149 Å². The maximum Gasteiger partial charge on any atom is 0.0544 e. The second-order valence-electron chi connectivity index (χ2n) is 17.7. The third-order valence-corrected chi connectivity index (χ3v) is 14.0. The van der Waals surface area contributed by atoms with Crippen LogP contribution in [0.4, 0.5) is 0 Å². The number of hydrogen-bond acceptors (Lipinski definition) is 0. The van der Waals surface area contributed by atoms with E-state index in [1.165, 1.54) is 111 Å². The molecule has 0 aliphatic heterocycles. The zero-order valence-corrected chi connectivity index (χ0v) is 32.9. The Kier molecular flexibility index (Phi) is 6.64. The molecule has 272 valence electrons. The lowest BCUT2D eigenvalue weighted by Gasteiger charge is -2.31. The molecule has 3 aliphatic carbocycles. The Morgan fingerprint density at radius 3 is 1.72 bits per heavy atom. The van der Waals surface area contributed by atoms with Crippen LogP contribution in [0.2, 0.25) is 0 Å². The molecule has 1 heterocycles. The molecule has 3 aliphatic rings. The van der Waals surface area contributed by atoms with Gasteiger partial charge in [-0.05, 0) is 138 Å². The predicted molar refractivity (Wildman–Crippen MR) is 239 cm³/mol. The molecular formula is C56H43N. The van der Waals surface area contributed by atoms with E-state index in [-0.39, 0.29) is 10.8 Å². The van der Waals surface area contributed by atoms with E-state index < -0.39 is 0 Å². The zero-order chi connectivity index (χ0) is 38.2. The largest absolute Gasteiger partial charge is 0.309 e. The minimum atomic E-state index is -0.0712. The van der Waals surface area contributed by atoms with E-state index in [0.29, 0.717) is 5.92 Å². The van der Waals surface area contributed by atoms with Gasteiger partial charge in [0.05, 0.1) is 11.0 Å². The van der Waals surface area contributed by atoms with Crippen molar-refractivity contribution in [2.24, 2.45) is 0 Å². The Bertz CT molecular complexity index is 3140. The zero-order valence-electron chi connectivity index (χ0n) is 32.9. The van der Waals surface area contributed by atoms with Crippen LogP contribution in [0.5, 0.6) is 0 Å². The normalized spacial score (nSPS) is 16.5. The third-order valence-electron chi connectivity index (χ3n) is 14.0. The average molecular weight is 730 g/mol. The van der Waals surface area contributed by atoms with Gasteiger partial charge >= 0.3 is 0 Å². The Morgan fingerprint density at radius 2 is 1.00 bits per heavy atom. The summed E-state index contributed by atoms with van der Waals surface area (Å²) in [5.74, 6) is 0.299. The lowest BCUT2D eigenvalue weighted by molar-refractivity contribution is 0.658. The minimum Gasteiger partial charge on any atom is -0.309 e. The summed E-state index contributed by atoms with van der Waals surface area (Å²) >= 11 is 0. The first kappa shape index (κ1) is 32.8. The van der Waals surface area contributed by atoms with Crippen LogP contribution in [0.15, 0.2) is 170 Å². The van der Waals surface area contributed by atoms with Gasteiger partial charge in [-0.25, -0.2) is 0 Å². The monoisotopic (exact) mass is 729 g/mol. The van der Waals surface area contributed by atoms with E-state index in [1.807, 2.05) is 0 Å². The summed E-state index contributed by atoms with van der Waals surface area (Å²) < 4.78 is 2.47. The van der Waals surface area contributed by atoms with Crippen molar-refractivity contribution in [3.05, 3.63) is 209 Å². The summed E-state index contributed by atoms with van der Waals surface area (Å²) in [5.41, 5.74) is 24.2. The summed E-state index contributed by atoms with van der Waals surface area (Å²) in [5, 5.41) is 2.58. The van der Waals surface area contributed by atoms with E-state index in [1.54, 1.807) is 0 Å². The molecular weight excluding hydrogens is 687 g/mol. The number of nitrogens with zero attached hydrogens (tertiary/aromatic N) is 1. The summed E-state index contributed by atoms with van der Waals surface area (Å²) in [6, 6.07) is 64.5. The van der Waals surface area contributed by atoms with Gasteiger partial charge in [0.1, 0.15) is 0 Å². The smallest absolute Gasteiger partial charge is 0.0544 e. The van der Waals surface area contributed by atoms with Gasteiger partial charge in [0.15, 0.2) is 0 Å². The van der Waals surface area contributed by atoms with Crippen molar-refractivity contribution in [3.63, 3.8) is 0 Å². The predicted octanol–water partition coefficient (Wildman–Crippen LogP) is 14.4. The Morgan fingerprint density at radius 1 is 0.421 bits per heavy atom. The average Bonchev–Trinajstić information content (AvgIpc) is 3.78. The second kappa shape index (κ2) is 11.6. The van der Waals surface area contributed by atoms with Gasteiger partial charge < -0.3 is 4.57 Å². The van der Waals surface area contributed by atoms with Crippen molar-refractivity contribution in [2.45, 2.75) is 50.9 Å². The molecule has 0 N–H and O–H groups in total. The topological polar surface area (TPSA) is 4.93 Å². The van der Waals surface area contributed by atoms with Gasteiger partial charge in [-0.3, -0.25) is 0 Å². The van der Waals surface area contributed by atoms with E-state index in [0.717, 1.165) is 6.42 Å². The van der Waals surface area contributed by atoms with Crippen molar-refractivity contribution < 1.29 is 0 Å². The quantitative estimate of drug-likeness (QED) is 0.171. The molecule has 0 bridgehead atoms. The first-order chi connectivity index (χ1) is 27.8. The van der Waals surface area contributed by atoms with Gasteiger partial charge in [-0.15, -0.1) is 0 Å². The van der Waals surface area contributed by atoms with Crippen LogP contribution in [0.1, 0.15) is 72.6 Å². The molecule has 1 nitrogen and oxygen atoms in total. The first-order valence-electron chi connectivity index (χ1n) is 20.5. The lowest BCUT2D eigenvalue weighted by atomic mass is 9.73. The number of rotatable bonds is 3. The molecule has 0 saturated heterocycles. The van der Waals surface area contributed by atoms with E-state index in [4.69, 9.17) is 0 Å². The molecule has 57 heavy (non-hydrogen) atoms. The summed E-state index contributed by atoms with van der Waals surface area (Å²) in [6.45, 7) is 9.54. The molecule has 0 amide bonds. The van der Waals surface area contributed by atoms with Crippen LogP contribution in [-0.4, -0.2) is 4.57 Å². The fourth-order valence-corrected chi connectivity index (χ4v) is 11.0. The van der Waals surface area contributed by atoms with Crippen LogP contribution in [0.25, 0.3) is 72.0 Å². The summed E-state index contributed by atoms with van der Waals surface area (Å²) in [7, 11) is 0. The van der Waals surface area contributed by atoms with Crippen LogP contribution in [-0.2, 0) is 17.3 Å². The van der Waals surface area contributed by atoms with E-state index >= 15 is 0 Å². The van der Waals surface area contributed by atoms with Crippen LogP contribution in [0.3, 0.4) is 0 Å². The molecule has 1 aromatic heterocycles. The highest BCUT2D eigenvalue weighted by Gasteiger charge is 2.38. The second-order valence-corrected chi connectivity index (χ2v) is 17.7. The molecule has 1 unspecified atom stereocenters. The SMILES string of the molecule is CC1(C)c2ccccc2-c2cc3c(cc21)CC(c1ccccc1)c1ccc(-c2ccc4c(c2)c2cc5c(cc2n4-c2ccccc2)C(C)(C)c2ccccc2-5)cc1-3. The molecule has 1 atom stereocenters. The molecule has 0 radical (unpaired) electrons. The first-order valence-corrected chi connectivity index (χ1v) is 20.5. The Hall–Kier alpha value is -6.44. The Labute approximate surface area is 334 Å². The standard InChI is InChI=1S/C56H43N/c1-55(2)49-21-13-11-19-40(49)45-31-43-37(30-51(45)55)29-42(34-15-7-5-8-16-34)39-25-23-35(27-44(39)43)36-24-26-53-47(28-36)48-32-46-41-20-12-14-22-50(41)56(3,4)52(46)33-54(48)57(53)38-17-9-6-10-18-38/h5-28,30-33,42H,29H2,1-4H3. The highest BCUT2D eigenvalue weighted by Crippen LogP contribution is 2.54. The number of aromatic nitrogens is 1. The lowest BCUT2D eigenvalue weighted by Crippen LogP contribution is -2.17. The van der Waals surface area contributed by atoms with Gasteiger partial charge in [0.25, 0.3) is 0 Å². The molecule has 0 spiro atoms. The van der Waals surface area contributed by atoms with Crippen LogP contribution < -0.4 is 0 Å². The van der Waals surface area contributed by atoms with Crippen LogP contribution in [0, 0.1) is 0 Å². The molecule has 0 fully saturated rings. The fourth-order valence-electron chi connectivity index (χ4n) is 11.0. The minimum absolute atomic E-state index is 0.0301. The molecule has 12 rings (SSSR count). The van der Waals surface area contributed by atoms with E-state index in [2.05, 4.69) is 202 Å². The fraction of sp³-hybridized carbons (Fsp3) is 0.143. The number of fused-ring (bicyclic) bond motifs is 12. The highest BCUT2D eigenvalue weighted by molar-refractivity contribution is 6.13. The highest BCUT2D eigenvalue weighted by atomic mass is 15.0. The Balaban J connectivity index is 1.08. The summed E-state index contributed by atoms with van der Waals surface area (Å²) in [6.07, 6.45) is 1.00. The van der Waals surface area contributed by atoms with Gasteiger partial charge in [-0.2, -0.15) is 0 Å². The maximum atomic E-state index is 2.55. The number of hydrogen-bond donors (Lipinski definition) is 0. The van der Waals surface area contributed by atoms with Gasteiger partial charge in [0, 0.05) is 33.2 Å². The van der Waals surface area contributed by atoms with Crippen molar-refractivity contribution in [1.29, 1.82) is 0 Å². The van der Waals surface area contributed by atoms with Crippen molar-refractivity contribution in [3.8, 4) is 50.2 Å². The maximum absolute atomic E-state index is 2.55. The van der Waals surface area contributed by atoms with Crippen molar-refractivity contribution in [1.82, 2.24) is 4.57 Å². The molecule has 0 saturated carbocycles.